The Bertz CT molecular complexity index is 943. The lowest BCUT2D eigenvalue weighted by molar-refractivity contribution is 0.0945. The monoisotopic (exact) mass is 394 g/mol. The summed E-state index contributed by atoms with van der Waals surface area (Å²) in [5.41, 5.74) is 2.37. The Balaban J connectivity index is 1.72. The number of hydrogen-bond acceptors (Lipinski definition) is 4. The largest absolute Gasteiger partial charge is 0.491 e. The molecule has 1 aliphatic carbocycles. The molecule has 0 bridgehead atoms. The zero-order valence-electron chi connectivity index (χ0n) is 17.0. The van der Waals surface area contributed by atoms with Crippen LogP contribution in [0.15, 0.2) is 42.5 Å². The van der Waals surface area contributed by atoms with E-state index in [9.17, 15) is 9.59 Å². The molecule has 2 amide bonds. The van der Waals surface area contributed by atoms with Crippen LogP contribution in [0.25, 0.3) is 0 Å². The highest BCUT2D eigenvalue weighted by atomic mass is 16.5. The summed E-state index contributed by atoms with van der Waals surface area (Å²) >= 11 is 0. The van der Waals surface area contributed by atoms with Crippen LogP contribution in [0.5, 0.6) is 5.75 Å². The van der Waals surface area contributed by atoms with Gasteiger partial charge in [0, 0.05) is 37.2 Å². The molecule has 6 nitrogen and oxygen atoms in total. The van der Waals surface area contributed by atoms with E-state index in [4.69, 9.17) is 9.47 Å². The van der Waals surface area contributed by atoms with Gasteiger partial charge in [0.25, 0.3) is 11.8 Å². The molecule has 0 aromatic heterocycles. The van der Waals surface area contributed by atoms with Gasteiger partial charge in [0.15, 0.2) is 0 Å². The predicted molar refractivity (Wildman–Crippen MR) is 109 cm³/mol. The maximum atomic E-state index is 12.9. The van der Waals surface area contributed by atoms with Crippen LogP contribution in [-0.4, -0.2) is 45.2 Å². The van der Waals surface area contributed by atoms with Crippen LogP contribution in [0.2, 0.25) is 0 Å². The van der Waals surface area contributed by atoms with E-state index < -0.39 is 5.41 Å². The van der Waals surface area contributed by atoms with Crippen LogP contribution in [0.4, 0.5) is 0 Å². The van der Waals surface area contributed by atoms with Gasteiger partial charge in [-0.2, -0.15) is 0 Å². The van der Waals surface area contributed by atoms with Crippen molar-refractivity contribution in [3.63, 3.8) is 0 Å². The number of carbonyl (C=O) groups is 2. The Morgan fingerprint density at radius 2 is 1.97 bits per heavy atom. The first-order valence-corrected chi connectivity index (χ1v) is 9.86. The van der Waals surface area contributed by atoms with Crippen molar-refractivity contribution < 1.29 is 19.1 Å². The molecule has 152 valence electrons. The molecule has 2 aromatic carbocycles. The lowest BCUT2D eigenvalue weighted by Crippen LogP contribution is -2.29. The average Bonchev–Trinajstić information content (AvgIpc) is 3.38. The van der Waals surface area contributed by atoms with Crippen LogP contribution in [0.1, 0.15) is 45.2 Å². The summed E-state index contributed by atoms with van der Waals surface area (Å²) in [6.07, 6.45) is 0.914. The minimum absolute atomic E-state index is 0.121. The lowest BCUT2D eigenvalue weighted by atomic mass is 9.77. The van der Waals surface area contributed by atoms with Crippen molar-refractivity contribution >= 4 is 11.8 Å². The number of hydrogen-bond donors (Lipinski definition) is 2. The Morgan fingerprint density at radius 3 is 2.66 bits per heavy atom. The van der Waals surface area contributed by atoms with Crippen LogP contribution in [-0.2, 0) is 10.2 Å². The topological polar surface area (TPSA) is 76.7 Å². The summed E-state index contributed by atoms with van der Waals surface area (Å²) in [7, 11) is 3.24. The molecule has 2 aliphatic rings. The van der Waals surface area contributed by atoms with Gasteiger partial charge < -0.3 is 20.1 Å². The standard InChI is InChI=1S/C23H26N2O4/c1-23(16-7-5-4-6-8-16)13-29-20-17(22(27)24-2)9-14(10-18(20)23)21(26)25-19-11-15(19)12-28-3/h4-10,15,19H,11-13H2,1-3H3,(H,24,27)(H,25,26)/t15-,19+,23-/m1/s1. The fourth-order valence-electron chi connectivity index (χ4n) is 4.04. The molecule has 4 rings (SSSR count). The fourth-order valence-corrected chi connectivity index (χ4v) is 4.04. The molecule has 0 saturated heterocycles. The average molecular weight is 394 g/mol. The second-order valence-corrected chi connectivity index (χ2v) is 8.00. The molecular weight excluding hydrogens is 368 g/mol. The van der Waals surface area contributed by atoms with Crippen molar-refractivity contribution in [1.82, 2.24) is 10.6 Å². The summed E-state index contributed by atoms with van der Waals surface area (Å²) in [6, 6.07) is 13.6. The number of benzene rings is 2. The van der Waals surface area contributed by atoms with Gasteiger partial charge in [-0.15, -0.1) is 0 Å². The molecule has 1 aliphatic heterocycles. The molecule has 1 fully saturated rings. The van der Waals surface area contributed by atoms with Crippen LogP contribution in [0, 0.1) is 5.92 Å². The Hall–Kier alpha value is -2.86. The maximum absolute atomic E-state index is 12.9. The molecule has 0 radical (unpaired) electrons. The van der Waals surface area contributed by atoms with E-state index in [0.717, 1.165) is 17.5 Å². The van der Waals surface area contributed by atoms with Gasteiger partial charge in [-0.3, -0.25) is 9.59 Å². The van der Waals surface area contributed by atoms with Crippen molar-refractivity contribution in [2.24, 2.45) is 5.92 Å². The third-order valence-corrected chi connectivity index (χ3v) is 5.95. The van der Waals surface area contributed by atoms with Crippen molar-refractivity contribution in [3.8, 4) is 5.75 Å². The number of rotatable bonds is 6. The third kappa shape index (κ3) is 3.49. The predicted octanol–water partition coefficient (Wildman–Crippen LogP) is 2.51. The van der Waals surface area contributed by atoms with E-state index in [0.29, 0.717) is 36.0 Å². The molecule has 1 saturated carbocycles. The van der Waals surface area contributed by atoms with Gasteiger partial charge in [0.1, 0.15) is 12.4 Å². The van der Waals surface area contributed by atoms with Crippen molar-refractivity contribution in [2.45, 2.75) is 24.8 Å². The summed E-state index contributed by atoms with van der Waals surface area (Å²) < 4.78 is 11.2. The van der Waals surface area contributed by atoms with Crippen LogP contribution in [0.3, 0.4) is 0 Å². The minimum atomic E-state index is -0.437. The maximum Gasteiger partial charge on any atom is 0.254 e. The smallest absolute Gasteiger partial charge is 0.254 e. The summed E-state index contributed by atoms with van der Waals surface area (Å²) in [5, 5.41) is 5.71. The highest BCUT2D eigenvalue weighted by molar-refractivity contribution is 6.02. The molecule has 29 heavy (non-hydrogen) atoms. The SMILES string of the molecule is CNC(=O)c1cc(C(=O)N[C@H]2C[C@@H]2COC)cc2c1OC[C@]2(C)c1ccccc1. The molecular formula is C23H26N2O4. The van der Waals surface area contributed by atoms with Gasteiger partial charge in [-0.25, -0.2) is 0 Å². The highest BCUT2D eigenvalue weighted by Gasteiger charge is 2.42. The van der Waals surface area contributed by atoms with Gasteiger partial charge in [-0.1, -0.05) is 30.3 Å². The molecule has 6 heteroatoms. The highest BCUT2D eigenvalue weighted by Crippen LogP contribution is 2.45. The van der Waals surface area contributed by atoms with E-state index in [-0.39, 0.29) is 17.9 Å². The first-order chi connectivity index (χ1) is 14.0. The van der Waals surface area contributed by atoms with Crippen LogP contribution >= 0.6 is 0 Å². The zero-order chi connectivity index (χ0) is 20.6. The molecule has 2 N–H and O–H groups in total. The number of methoxy groups -OCH3 is 1. The molecule has 0 spiro atoms. The Labute approximate surface area is 170 Å². The summed E-state index contributed by atoms with van der Waals surface area (Å²) in [4.78, 5) is 25.5. The molecule has 0 unspecified atom stereocenters. The fraction of sp³-hybridized carbons (Fsp3) is 0.391. The van der Waals surface area contributed by atoms with E-state index in [1.54, 1.807) is 20.2 Å². The first-order valence-electron chi connectivity index (χ1n) is 9.86. The van der Waals surface area contributed by atoms with E-state index in [1.165, 1.54) is 0 Å². The Morgan fingerprint density at radius 1 is 1.21 bits per heavy atom. The summed E-state index contributed by atoms with van der Waals surface area (Å²) in [5.74, 6) is 0.464. The minimum Gasteiger partial charge on any atom is -0.491 e. The van der Waals surface area contributed by atoms with E-state index in [2.05, 4.69) is 17.6 Å². The number of fused-ring (bicyclic) bond motifs is 1. The van der Waals surface area contributed by atoms with Gasteiger partial charge in [-0.05, 0) is 31.0 Å². The van der Waals surface area contributed by atoms with Crippen LogP contribution < -0.4 is 15.4 Å². The zero-order valence-corrected chi connectivity index (χ0v) is 17.0. The normalized spacial score (nSPS) is 24.4. The first kappa shape index (κ1) is 19.5. The number of nitrogens with one attached hydrogen (secondary N) is 2. The summed E-state index contributed by atoms with van der Waals surface area (Å²) in [6.45, 7) is 3.14. The van der Waals surface area contributed by atoms with Crippen molar-refractivity contribution in [1.29, 1.82) is 0 Å². The molecule has 2 aromatic rings. The number of ether oxygens (including phenoxy) is 2. The number of amides is 2. The number of carbonyl (C=O) groups excluding carboxylic acids is 2. The van der Waals surface area contributed by atoms with E-state index >= 15 is 0 Å². The molecule has 3 atom stereocenters. The second-order valence-electron chi connectivity index (χ2n) is 8.00. The van der Waals surface area contributed by atoms with Gasteiger partial charge >= 0.3 is 0 Å². The third-order valence-electron chi connectivity index (χ3n) is 5.95. The quantitative estimate of drug-likeness (QED) is 0.789. The second kappa shape index (κ2) is 7.52. The van der Waals surface area contributed by atoms with Gasteiger partial charge in [0.2, 0.25) is 0 Å². The lowest BCUT2D eigenvalue weighted by Gasteiger charge is -2.24. The van der Waals surface area contributed by atoms with Gasteiger partial charge in [0.05, 0.1) is 17.6 Å². The van der Waals surface area contributed by atoms with Crippen molar-refractivity contribution in [3.05, 3.63) is 64.7 Å². The Kier molecular flexibility index (Phi) is 5.04. The van der Waals surface area contributed by atoms with E-state index in [1.807, 2.05) is 36.4 Å². The van der Waals surface area contributed by atoms with Crippen molar-refractivity contribution in [2.75, 3.05) is 27.4 Å². The molecule has 1 heterocycles.